The van der Waals surface area contributed by atoms with Gasteiger partial charge in [0.05, 0.1) is 20.3 Å². The number of hydrogen-bond donors (Lipinski definition) is 1. The molecule has 2 aromatic rings. The summed E-state index contributed by atoms with van der Waals surface area (Å²) in [6.45, 7) is 1.87. The van der Waals surface area contributed by atoms with Crippen LogP contribution < -0.4 is 14.8 Å². The normalized spacial score (nSPS) is 12.0. The molecule has 0 aliphatic heterocycles. The minimum Gasteiger partial charge on any atom is -0.496 e. The first-order chi connectivity index (χ1) is 11.5. The zero-order valence-electron chi connectivity index (χ0n) is 13.9. The standard InChI is InChI=1S/C19H20FNO3/c1-13(15-6-4-5-7-17(15)23-2)21-19(22)11-9-14-8-10-18(24-3)16(20)12-14/h4-13H,1-3H3,(H,21,22)/b11-9+. The van der Waals surface area contributed by atoms with Crippen molar-refractivity contribution in [1.82, 2.24) is 5.32 Å². The molecule has 1 N–H and O–H groups in total. The van der Waals surface area contributed by atoms with Crippen LogP contribution in [0.25, 0.3) is 6.08 Å². The van der Waals surface area contributed by atoms with Crippen molar-refractivity contribution in [2.45, 2.75) is 13.0 Å². The Labute approximate surface area is 140 Å². The van der Waals surface area contributed by atoms with Crippen LogP contribution >= 0.6 is 0 Å². The Balaban J connectivity index is 2.03. The molecule has 0 fully saturated rings. The minimum absolute atomic E-state index is 0.168. The van der Waals surface area contributed by atoms with Gasteiger partial charge in [-0.2, -0.15) is 0 Å². The van der Waals surface area contributed by atoms with Crippen molar-refractivity contribution in [3.63, 3.8) is 0 Å². The molecule has 5 heteroatoms. The van der Waals surface area contributed by atoms with E-state index in [1.807, 2.05) is 31.2 Å². The molecule has 24 heavy (non-hydrogen) atoms. The van der Waals surface area contributed by atoms with Gasteiger partial charge in [0.1, 0.15) is 5.75 Å². The molecule has 0 spiro atoms. The Hall–Kier alpha value is -2.82. The van der Waals surface area contributed by atoms with Gasteiger partial charge in [-0.3, -0.25) is 4.79 Å². The van der Waals surface area contributed by atoms with E-state index in [0.717, 1.165) is 5.56 Å². The van der Waals surface area contributed by atoms with Crippen molar-refractivity contribution < 1.29 is 18.7 Å². The van der Waals surface area contributed by atoms with Crippen LogP contribution in [0.3, 0.4) is 0 Å². The summed E-state index contributed by atoms with van der Waals surface area (Å²) in [5.74, 6) is 0.139. The molecule has 4 nitrogen and oxygen atoms in total. The Morgan fingerprint density at radius 2 is 1.83 bits per heavy atom. The molecule has 0 aromatic heterocycles. The van der Waals surface area contributed by atoms with Crippen LogP contribution in [-0.2, 0) is 4.79 Å². The van der Waals surface area contributed by atoms with Gasteiger partial charge in [-0.1, -0.05) is 24.3 Å². The molecule has 0 saturated heterocycles. The molecule has 0 radical (unpaired) electrons. The topological polar surface area (TPSA) is 47.6 Å². The third-order valence-electron chi connectivity index (χ3n) is 3.57. The van der Waals surface area contributed by atoms with Gasteiger partial charge >= 0.3 is 0 Å². The maximum Gasteiger partial charge on any atom is 0.244 e. The summed E-state index contributed by atoms with van der Waals surface area (Å²) in [4.78, 5) is 12.1. The van der Waals surface area contributed by atoms with Crippen LogP contribution in [0.2, 0.25) is 0 Å². The van der Waals surface area contributed by atoms with Gasteiger partial charge in [0, 0.05) is 11.6 Å². The fourth-order valence-electron chi connectivity index (χ4n) is 2.32. The van der Waals surface area contributed by atoms with E-state index in [9.17, 15) is 9.18 Å². The van der Waals surface area contributed by atoms with E-state index in [-0.39, 0.29) is 17.7 Å². The summed E-state index contributed by atoms with van der Waals surface area (Å²) in [5, 5.41) is 2.85. The highest BCUT2D eigenvalue weighted by Crippen LogP contribution is 2.24. The van der Waals surface area contributed by atoms with Crippen molar-refractivity contribution in [2.75, 3.05) is 14.2 Å². The van der Waals surface area contributed by atoms with E-state index >= 15 is 0 Å². The average molecular weight is 329 g/mol. The zero-order valence-corrected chi connectivity index (χ0v) is 13.9. The van der Waals surface area contributed by atoms with E-state index in [1.165, 1.54) is 25.3 Å². The third-order valence-corrected chi connectivity index (χ3v) is 3.57. The van der Waals surface area contributed by atoms with Crippen LogP contribution in [-0.4, -0.2) is 20.1 Å². The van der Waals surface area contributed by atoms with E-state index in [4.69, 9.17) is 9.47 Å². The number of methoxy groups -OCH3 is 2. The van der Waals surface area contributed by atoms with Crippen LogP contribution in [0.15, 0.2) is 48.5 Å². The smallest absolute Gasteiger partial charge is 0.244 e. The molecule has 0 heterocycles. The molecule has 0 bridgehead atoms. The largest absolute Gasteiger partial charge is 0.496 e. The second-order valence-electron chi connectivity index (χ2n) is 5.20. The monoisotopic (exact) mass is 329 g/mol. The maximum atomic E-state index is 13.6. The van der Waals surface area contributed by atoms with Crippen molar-refractivity contribution in [3.8, 4) is 11.5 Å². The predicted octanol–water partition coefficient (Wildman–Crippen LogP) is 3.73. The summed E-state index contributed by atoms with van der Waals surface area (Å²) >= 11 is 0. The van der Waals surface area contributed by atoms with Crippen molar-refractivity contribution in [1.29, 1.82) is 0 Å². The fourth-order valence-corrected chi connectivity index (χ4v) is 2.32. The second kappa shape index (κ2) is 8.15. The molecule has 126 valence electrons. The molecule has 0 aliphatic rings. The molecule has 1 atom stereocenters. The fraction of sp³-hybridized carbons (Fsp3) is 0.211. The first-order valence-electron chi connectivity index (χ1n) is 7.50. The molecule has 2 rings (SSSR count). The van der Waals surface area contributed by atoms with Crippen molar-refractivity contribution >= 4 is 12.0 Å². The van der Waals surface area contributed by atoms with Gasteiger partial charge in [-0.25, -0.2) is 4.39 Å². The third kappa shape index (κ3) is 4.35. The summed E-state index contributed by atoms with van der Waals surface area (Å²) in [6, 6.07) is 11.8. The van der Waals surface area contributed by atoms with Crippen molar-refractivity contribution in [3.05, 3.63) is 65.5 Å². The first-order valence-corrected chi connectivity index (χ1v) is 7.50. The number of nitrogens with one attached hydrogen (secondary N) is 1. The summed E-state index contributed by atoms with van der Waals surface area (Å²) < 4.78 is 23.8. The van der Waals surface area contributed by atoms with Crippen molar-refractivity contribution in [2.24, 2.45) is 0 Å². The van der Waals surface area contributed by atoms with Gasteiger partial charge < -0.3 is 14.8 Å². The highest BCUT2D eigenvalue weighted by molar-refractivity contribution is 5.92. The number of hydrogen-bond acceptors (Lipinski definition) is 3. The summed E-state index contributed by atoms with van der Waals surface area (Å²) in [7, 11) is 2.99. The Morgan fingerprint density at radius 1 is 1.12 bits per heavy atom. The lowest BCUT2D eigenvalue weighted by Crippen LogP contribution is -2.24. The van der Waals surface area contributed by atoms with Gasteiger partial charge in [0.25, 0.3) is 0 Å². The molecular weight excluding hydrogens is 309 g/mol. The van der Waals surface area contributed by atoms with Gasteiger partial charge in [-0.05, 0) is 36.8 Å². The molecule has 1 amide bonds. The van der Waals surface area contributed by atoms with Gasteiger partial charge in [-0.15, -0.1) is 0 Å². The Morgan fingerprint density at radius 3 is 2.50 bits per heavy atom. The average Bonchev–Trinajstić information content (AvgIpc) is 2.60. The number of para-hydroxylation sites is 1. The SMILES string of the molecule is COc1ccc(/C=C/C(=O)NC(C)c2ccccc2OC)cc1F. The highest BCUT2D eigenvalue weighted by atomic mass is 19.1. The zero-order chi connectivity index (χ0) is 17.5. The molecule has 0 aliphatic carbocycles. The van der Waals surface area contributed by atoms with E-state index in [0.29, 0.717) is 11.3 Å². The Kier molecular flexibility index (Phi) is 5.95. The number of halogens is 1. The van der Waals surface area contributed by atoms with Gasteiger partial charge in [0.2, 0.25) is 5.91 Å². The van der Waals surface area contributed by atoms with E-state index in [1.54, 1.807) is 19.3 Å². The summed E-state index contributed by atoms with van der Waals surface area (Å²) in [5.41, 5.74) is 1.46. The lowest BCUT2D eigenvalue weighted by Gasteiger charge is -2.16. The van der Waals surface area contributed by atoms with Crippen LogP contribution in [0.1, 0.15) is 24.1 Å². The quantitative estimate of drug-likeness (QED) is 0.822. The molecule has 0 saturated carbocycles. The van der Waals surface area contributed by atoms with Gasteiger partial charge in [0.15, 0.2) is 11.6 Å². The number of rotatable bonds is 6. The lowest BCUT2D eigenvalue weighted by atomic mass is 10.1. The summed E-state index contributed by atoms with van der Waals surface area (Å²) in [6.07, 6.45) is 2.92. The Bertz CT molecular complexity index is 743. The van der Waals surface area contributed by atoms with Crippen LogP contribution in [0, 0.1) is 5.82 Å². The second-order valence-corrected chi connectivity index (χ2v) is 5.20. The maximum absolute atomic E-state index is 13.6. The number of ether oxygens (including phenoxy) is 2. The first kappa shape index (κ1) is 17.5. The number of amides is 1. The van der Waals surface area contributed by atoms with Crippen LogP contribution in [0.4, 0.5) is 4.39 Å². The predicted molar refractivity (Wildman–Crippen MR) is 91.5 cm³/mol. The van der Waals surface area contributed by atoms with E-state index in [2.05, 4.69) is 5.32 Å². The van der Waals surface area contributed by atoms with Crippen LogP contribution in [0.5, 0.6) is 11.5 Å². The highest BCUT2D eigenvalue weighted by Gasteiger charge is 2.12. The number of benzene rings is 2. The number of carbonyl (C=O) groups is 1. The lowest BCUT2D eigenvalue weighted by molar-refractivity contribution is -0.117. The number of carbonyl (C=O) groups excluding carboxylic acids is 1. The molecule has 2 aromatic carbocycles. The molecular formula is C19H20FNO3. The minimum atomic E-state index is -0.470. The molecule has 1 unspecified atom stereocenters. The van der Waals surface area contributed by atoms with E-state index < -0.39 is 5.82 Å².